The molecule has 0 amide bonds. The summed E-state index contributed by atoms with van der Waals surface area (Å²) in [6.07, 6.45) is 9.48. The molecule has 8 heteroatoms. The molecule has 0 saturated carbocycles. The Morgan fingerprint density at radius 1 is 1.29 bits per heavy atom. The minimum atomic E-state index is -0.621. The van der Waals surface area contributed by atoms with E-state index in [0.29, 0.717) is 22.4 Å². The van der Waals surface area contributed by atoms with Crippen LogP contribution in [-0.4, -0.2) is 35.7 Å². The van der Waals surface area contributed by atoms with E-state index in [1.165, 1.54) is 12.1 Å². The Morgan fingerprint density at radius 2 is 2.06 bits per heavy atom. The van der Waals surface area contributed by atoms with Crippen LogP contribution < -0.4 is 10.5 Å². The number of ether oxygens (including phenoxy) is 2. The van der Waals surface area contributed by atoms with E-state index < -0.39 is 11.9 Å². The third-order valence-electron chi connectivity index (χ3n) is 5.58. The molecule has 2 N–H and O–H groups in total. The lowest BCUT2D eigenvalue weighted by Crippen LogP contribution is -2.37. The first-order valence-corrected chi connectivity index (χ1v) is 11.0. The van der Waals surface area contributed by atoms with Gasteiger partial charge < -0.3 is 20.1 Å². The van der Waals surface area contributed by atoms with E-state index in [4.69, 9.17) is 38.4 Å². The average molecular weight is 464 g/mol. The number of hydrogen-bond donors (Lipinski definition) is 1. The molecule has 4 rings (SSSR count). The minimum Gasteiger partial charge on any atom is -0.482 e. The quantitative estimate of drug-likeness (QED) is 0.581. The molecule has 1 unspecified atom stereocenters. The van der Waals surface area contributed by atoms with E-state index in [1.807, 2.05) is 6.07 Å². The van der Waals surface area contributed by atoms with Gasteiger partial charge in [0.05, 0.1) is 5.02 Å². The highest BCUT2D eigenvalue weighted by Crippen LogP contribution is 2.37. The summed E-state index contributed by atoms with van der Waals surface area (Å²) in [6, 6.07) is 4.98. The Morgan fingerprint density at radius 3 is 2.84 bits per heavy atom. The maximum absolute atomic E-state index is 13.9. The number of aromatic nitrogens is 1. The molecular weight excluding hydrogens is 440 g/mol. The fourth-order valence-electron chi connectivity index (χ4n) is 3.89. The molecule has 1 fully saturated rings. The van der Waals surface area contributed by atoms with Gasteiger partial charge in [-0.25, -0.2) is 9.37 Å². The number of pyridine rings is 1. The largest absolute Gasteiger partial charge is 0.482 e. The third-order valence-corrected chi connectivity index (χ3v) is 6.30. The van der Waals surface area contributed by atoms with Crippen molar-refractivity contribution in [1.82, 2.24) is 9.88 Å². The van der Waals surface area contributed by atoms with Crippen molar-refractivity contribution in [3.8, 4) is 5.75 Å². The molecule has 0 spiro atoms. The predicted octanol–water partition coefficient (Wildman–Crippen LogP) is 5.64. The summed E-state index contributed by atoms with van der Waals surface area (Å²) in [5, 5.41) is 0.263. The van der Waals surface area contributed by atoms with Crippen molar-refractivity contribution < 1.29 is 13.9 Å². The van der Waals surface area contributed by atoms with Crippen molar-refractivity contribution in [1.29, 1.82) is 0 Å². The van der Waals surface area contributed by atoms with Crippen molar-refractivity contribution in [2.75, 3.05) is 25.5 Å². The molecule has 0 aliphatic carbocycles. The molecular formula is C23H24Cl2FN3O2. The molecule has 1 aromatic heterocycles. The Balaban J connectivity index is 1.58. The second-order valence-electron chi connectivity index (χ2n) is 7.65. The fraction of sp³-hybridized carbons (Fsp3) is 0.348. The molecule has 31 heavy (non-hydrogen) atoms. The summed E-state index contributed by atoms with van der Waals surface area (Å²) in [4.78, 5) is 6.64. The van der Waals surface area contributed by atoms with Gasteiger partial charge in [-0.05, 0) is 43.5 Å². The maximum Gasteiger partial charge on any atom is 0.166 e. The molecule has 0 bridgehead atoms. The number of rotatable bonds is 5. The van der Waals surface area contributed by atoms with Crippen molar-refractivity contribution in [3.63, 3.8) is 0 Å². The van der Waals surface area contributed by atoms with Crippen LogP contribution in [0.25, 0.3) is 5.57 Å². The van der Waals surface area contributed by atoms with Crippen molar-refractivity contribution in [2.45, 2.75) is 31.9 Å². The maximum atomic E-state index is 13.9. The summed E-state index contributed by atoms with van der Waals surface area (Å²) < 4.78 is 25.4. The van der Waals surface area contributed by atoms with Gasteiger partial charge in [-0.1, -0.05) is 35.4 Å². The Kier molecular flexibility index (Phi) is 6.70. The van der Waals surface area contributed by atoms with Gasteiger partial charge in [-0.15, -0.1) is 0 Å². The van der Waals surface area contributed by atoms with E-state index in [1.54, 1.807) is 13.1 Å². The summed E-state index contributed by atoms with van der Waals surface area (Å²) in [5.41, 5.74) is 8.32. The standard InChI is InChI=1S/C23H24Cl2FN3O2/c1-14(21-18(24)4-5-19(26)22(21)25)31-20-11-16(12-28-23(20)27)15-3-2-8-29(13-15)17-6-9-30-10-7-17/h2-5,11-14,17H,6-10H2,1H3,(H2,27,28). The normalized spacial score (nSPS) is 18.1. The highest BCUT2D eigenvalue weighted by molar-refractivity contribution is 6.36. The van der Waals surface area contributed by atoms with Gasteiger partial charge in [0.25, 0.3) is 0 Å². The molecule has 0 radical (unpaired) electrons. The molecule has 2 aliphatic heterocycles. The van der Waals surface area contributed by atoms with Crippen LogP contribution in [0.15, 0.2) is 42.7 Å². The molecule has 1 saturated heterocycles. The second kappa shape index (κ2) is 9.47. The van der Waals surface area contributed by atoms with Crippen molar-refractivity contribution in [3.05, 3.63) is 69.7 Å². The predicted molar refractivity (Wildman–Crippen MR) is 122 cm³/mol. The molecule has 1 atom stereocenters. The number of nitrogens with two attached hydrogens (primary N) is 1. The minimum absolute atomic E-state index is 0.0623. The first kappa shape index (κ1) is 21.9. The van der Waals surface area contributed by atoms with E-state index in [2.05, 4.69) is 28.2 Å². The van der Waals surface area contributed by atoms with E-state index in [0.717, 1.165) is 43.7 Å². The molecule has 164 valence electrons. The van der Waals surface area contributed by atoms with Crippen LogP contribution in [0, 0.1) is 5.82 Å². The van der Waals surface area contributed by atoms with E-state index >= 15 is 0 Å². The molecule has 5 nitrogen and oxygen atoms in total. The van der Waals surface area contributed by atoms with Crippen LogP contribution in [0.3, 0.4) is 0 Å². The van der Waals surface area contributed by atoms with Crippen LogP contribution in [-0.2, 0) is 4.74 Å². The summed E-state index contributed by atoms with van der Waals surface area (Å²) >= 11 is 12.4. The van der Waals surface area contributed by atoms with Crippen LogP contribution in [0.5, 0.6) is 5.75 Å². The van der Waals surface area contributed by atoms with Gasteiger partial charge in [0.15, 0.2) is 11.6 Å². The lowest BCUT2D eigenvalue weighted by atomic mass is 10.0. The van der Waals surface area contributed by atoms with Crippen LogP contribution in [0.4, 0.5) is 10.2 Å². The highest BCUT2D eigenvalue weighted by atomic mass is 35.5. The summed E-state index contributed by atoms with van der Waals surface area (Å²) in [5.74, 6) is 0.0712. The number of nitrogen functional groups attached to an aromatic ring is 1. The lowest BCUT2D eigenvalue weighted by molar-refractivity contribution is 0.0523. The SMILES string of the molecule is CC(Oc1cc(C2=CN(C3CCOCC3)CC=C2)cnc1N)c1c(Cl)ccc(F)c1Cl. The van der Waals surface area contributed by atoms with Crippen molar-refractivity contribution >= 4 is 34.6 Å². The van der Waals surface area contributed by atoms with Gasteiger partial charge in [0.1, 0.15) is 11.9 Å². The number of nitrogens with zero attached hydrogens (tertiary/aromatic N) is 2. The summed E-state index contributed by atoms with van der Waals surface area (Å²) in [7, 11) is 0. The molecule has 3 heterocycles. The van der Waals surface area contributed by atoms with Gasteiger partial charge in [0.2, 0.25) is 0 Å². The number of anilines is 1. The fourth-order valence-corrected chi connectivity index (χ4v) is 4.57. The Labute approximate surface area is 191 Å². The van der Waals surface area contributed by atoms with Gasteiger partial charge in [0, 0.05) is 54.3 Å². The molecule has 1 aromatic carbocycles. The average Bonchev–Trinajstić information content (AvgIpc) is 2.79. The van der Waals surface area contributed by atoms with Gasteiger partial charge in [-0.3, -0.25) is 0 Å². The van der Waals surface area contributed by atoms with Crippen LogP contribution >= 0.6 is 23.2 Å². The number of benzene rings is 1. The molecule has 2 aliphatic rings. The Hall–Kier alpha value is -2.28. The van der Waals surface area contributed by atoms with Crippen LogP contribution in [0.1, 0.15) is 37.0 Å². The van der Waals surface area contributed by atoms with Gasteiger partial charge in [-0.2, -0.15) is 0 Å². The Bertz CT molecular complexity index is 1020. The highest BCUT2D eigenvalue weighted by Gasteiger charge is 2.22. The molecule has 2 aromatic rings. The van der Waals surface area contributed by atoms with E-state index in [-0.39, 0.29) is 10.8 Å². The van der Waals surface area contributed by atoms with E-state index in [9.17, 15) is 4.39 Å². The zero-order valence-electron chi connectivity index (χ0n) is 17.2. The smallest absolute Gasteiger partial charge is 0.166 e. The van der Waals surface area contributed by atoms with Crippen LogP contribution in [0.2, 0.25) is 10.0 Å². The summed E-state index contributed by atoms with van der Waals surface area (Å²) in [6.45, 7) is 4.19. The second-order valence-corrected chi connectivity index (χ2v) is 8.44. The van der Waals surface area contributed by atoms with Crippen molar-refractivity contribution in [2.24, 2.45) is 0 Å². The lowest BCUT2D eigenvalue weighted by Gasteiger charge is -2.34. The first-order chi connectivity index (χ1) is 14.9. The monoisotopic (exact) mass is 463 g/mol. The topological polar surface area (TPSA) is 60.6 Å². The number of hydrogen-bond acceptors (Lipinski definition) is 5. The third kappa shape index (κ3) is 4.81. The number of halogens is 3. The first-order valence-electron chi connectivity index (χ1n) is 10.2. The zero-order chi connectivity index (χ0) is 22.0. The number of allylic oxidation sites excluding steroid dienone is 2. The zero-order valence-corrected chi connectivity index (χ0v) is 18.7. The van der Waals surface area contributed by atoms with Gasteiger partial charge >= 0.3 is 0 Å².